The lowest BCUT2D eigenvalue weighted by molar-refractivity contribution is -0.127. The van der Waals surface area contributed by atoms with Crippen LogP contribution in [0.1, 0.15) is 5.56 Å². The molecule has 0 unspecified atom stereocenters. The van der Waals surface area contributed by atoms with Crippen molar-refractivity contribution in [3.8, 4) is 11.5 Å². The van der Waals surface area contributed by atoms with E-state index in [1.165, 1.54) is 19.3 Å². The SMILES string of the molecule is COc1ccc(/C=C2/SC(=O)N(CC(=O)Nc3ccc(I)cc3)C2=O)cc1O. The van der Waals surface area contributed by atoms with E-state index in [1.807, 2.05) is 12.1 Å². The topological polar surface area (TPSA) is 95.9 Å². The number of phenols is 1. The summed E-state index contributed by atoms with van der Waals surface area (Å²) in [7, 11) is 1.43. The molecule has 1 heterocycles. The zero-order valence-electron chi connectivity index (χ0n) is 14.6. The fourth-order valence-corrected chi connectivity index (χ4v) is 3.66. The molecule has 9 heteroatoms. The minimum Gasteiger partial charge on any atom is -0.504 e. The Morgan fingerprint density at radius 2 is 1.96 bits per heavy atom. The van der Waals surface area contributed by atoms with Gasteiger partial charge < -0.3 is 15.2 Å². The van der Waals surface area contributed by atoms with Crippen LogP contribution in [0, 0.1) is 3.57 Å². The number of nitrogens with one attached hydrogen (secondary N) is 1. The van der Waals surface area contributed by atoms with Crippen LogP contribution >= 0.6 is 34.4 Å². The first kappa shape index (κ1) is 20.2. The van der Waals surface area contributed by atoms with E-state index >= 15 is 0 Å². The Bertz CT molecular complexity index is 975. The zero-order valence-corrected chi connectivity index (χ0v) is 17.6. The number of ether oxygens (including phenoxy) is 1. The summed E-state index contributed by atoms with van der Waals surface area (Å²) < 4.78 is 6.00. The number of imide groups is 1. The maximum Gasteiger partial charge on any atom is 0.294 e. The van der Waals surface area contributed by atoms with Crippen LogP contribution in [0.15, 0.2) is 47.4 Å². The third-order valence-electron chi connectivity index (χ3n) is 3.80. The summed E-state index contributed by atoms with van der Waals surface area (Å²) >= 11 is 2.90. The van der Waals surface area contributed by atoms with Crippen LogP contribution in [0.4, 0.5) is 10.5 Å². The van der Waals surface area contributed by atoms with Crippen molar-refractivity contribution < 1.29 is 24.2 Å². The molecular formula is C19H15IN2O5S. The molecule has 0 saturated carbocycles. The first-order chi connectivity index (χ1) is 13.4. The lowest BCUT2D eigenvalue weighted by atomic mass is 10.2. The van der Waals surface area contributed by atoms with Gasteiger partial charge in [0.25, 0.3) is 11.1 Å². The molecule has 7 nitrogen and oxygen atoms in total. The van der Waals surface area contributed by atoms with Crippen molar-refractivity contribution in [2.75, 3.05) is 19.0 Å². The molecule has 0 bridgehead atoms. The van der Waals surface area contributed by atoms with Crippen molar-refractivity contribution >= 4 is 63.2 Å². The number of phenolic OH excluding ortho intramolecular Hbond substituents is 1. The molecule has 1 saturated heterocycles. The van der Waals surface area contributed by atoms with Gasteiger partial charge in [-0.15, -0.1) is 0 Å². The molecule has 144 valence electrons. The van der Waals surface area contributed by atoms with Crippen molar-refractivity contribution in [1.82, 2.24) is 4.90 Å². The summed E-state index contributed by atoms with van der Waals surface area (Å²) in [5.41, 5.74) is 1.12. The Morgan fingerprint density at radius 1 is 1.25 bits per heavy atom. The Kier molecular flexibility index (Phi) is 6.25. The van der Waals surface area contributed by atoms with Crippen LogP contribution in [0.2, 0.25) is 0 Å². The fourth-order valence-electron chi connectivity index (χ4n) is 2.46. The number of hydrogen-bond acceptors (Lipinski definition) is 6. The molecule has 2 aromatic rings. The number of anilines is 1. The van der Waals surface area contributed by atoms with Crippen LogP contribution < -0.4 is 10.1 Å². The van der Waals surface area contributed by atoms with Gasteiger partial charge in [-0.2, -0.15) is 0 Å². The maximum absolute atomic E-state index is 12.5. The highest BCUT2D eigenvalue weighted by Crippen LogP contribution is 2.34. The van der Waals surface area contributed by atoms with E-state index in [4.69, 9.17) is 4.74 Å². The summed E-state index contributed by atoms with van der Waals surface area (Å²) in [6.07, 6.45) is 1.49. The van der Waals surface area contributed by atoms with Crippen molar-refractivity contribution in [2.45, 2.75) is 0 Å². The predicted molar refractivity (Wildman–Crippen MR) is 115 cm³/mol. The van der Waals surface area contributed by atoms with Gasteiger partial charge in [-0.25, -0.2) is 0 Å². The van der Waals surface area contributed by atoms with Gasteiger partial charge in [-0.1, -0.05) is 6.07 Å². The number of benzene rings is 2. The number of thioether (sulfide) groups is 1. The van der Waals surface area contributed by atoms with Crippen molar-refractivity contribution in [2.24, 2.45) is 0 Å². The minimum absolute atomic E-state index is 0.0765. The van der Waals surface area contributed by atoms with E-state index < -0.39 is 17.1 Å². The van der Waals surface area contributed by atoms with Crippen LogP contribution in [0.25, 0.3) is 6.08 Å². The van der Waals surface area contributed by atoms with Gasteiger partial charge in [-0.05, 0) is 82.4 Å². The molecule has 0 radical (unpaired) electrons. The molecule has 1 fully saturated rings. The number of rotatable bonds is 5. The summed E-state index contributed by atoms with van der Waals surface area (Å²) in [5.74, 6) is -0.792. The number of halogens is 1. The van der Waals surface area contributed by atoms with Gasteiger partial charge in [-0.3, -0.25) is 19.3 Å². The highest BCUT2D eigenvalue weighted by atomic mass is 127. The van der Waals surface area contributed by atoms with E-state index in [1.54, 1.807) is 24.3 Å². The Balaban J connectivity index is 1.69. The smallest absolute Gasteiger partial charge is 0.294 e. The molecule has 0 aromatic heterocycles. The van der Waals surface area contributed by atoms with Gasteiger partial charge >= 0.3 is 0 Å². The fraction of sp³-hybridized carbons (Fsp3) is 0.105. The quantitative estimate of drug-likeness (QED) is 0.471. The summed E-state index contributed by atoms with van der Waals surface area (Å²) in [5, 5.41) is 12.0. The minimum atomic E-state index is -0.553. The summed E-state index contributed by atoms with van der Waals surface area (Å²) in [6.45, 7) is -0.373. The maximum atomic E-state index is 12.5. The van der Waals surface area contributed by atoms with Gasteiger partial charge in [0.2, 0.25) is 5.91 Å². The molecule has 0 aliphatic carbocycles. The number of hydrogen-bond donors (Lipinski definition) is 2. The number of amides is 3. The van der Waals surface area contributed by atoms with Gasteiger partial charge in [0, 0.05) is 9.26 Å². The Hall–Kier alpha value is -2.53. The van der Waals surface area contributed by atoms with E-state index in [2.05, 4.69) is 27.9 Å². The summed E-state index contributed by atoms with van der Waals surface area (Å²) in [4.78, 5) is 37.9. The van der Waals surface area contributed by atoms with Crippen LogP contribution in [-0.4, -0.2) is 40.7 Å². The van der Waals surface area contributed by atoms with E-state index in [0.717, 1.165) is 20.2 Å². The average molecular weight is 510 g/mol. The normalized spacial score (nSPS) is 15.2. The molecule has 3 rings (SSSR count). The molecular weight excluding hydrogens is 495 g/mol. The highest BCUT2D eigenvalue weighted by molar-refractivity contribution is 14.1. The number of carbonyl (C=O) groups excluding carboxylic acids is 3. The first-order valence-electron chi connectivity index (χ1n) is 8.05. The molecule has 2 aromatic carbocycles. The molecule has 3 amide bonds. The standard InChI is InChI=1S/C19H15IN2O5S/c1-27-15-7-2-11(8-14(15)23)9-16-18(25)22(19(26)28-16)10-17(24)21-13-5-3-12(20)4-6-13/h2-9,23H,10H2,1H3,(H,21,24)/b16-9+. The highest BCUT2D eigenvalue weighted by Gasteiger charge is 2.36. The van der Waals surface area contributed by atoms with E-state index in [9.17, 15) is 19.5 Å². The largest absolute Gasteiger partial charge is 0.504 e. The number of carbonyl (C=O) groups is 3. The Morgan fingerprint density at radius 3 is 2.61 bits per heavy atom. The predicted octanol–water partition coefficient (Wildman–Crippen LogP) is 3.68. The zero-order chi connectivity index (χ0) is 20.3. The lowest BCUT2D eigenvalue weighted by Gasteiger charge is -2.12. The van der Waals surface area contributed by atoms with E-state index in [0.29, 0.717) is 17.0 Å². The second-order valence-electron chi connectivity index (χ2n) is 5.75. The van der Waals surface area contributed by atoms with E-state index in [-0.39, 0.29) is 17.2 Å². The second kappa shape index (κ2) is 8.65. The summed E-state index contributed by atoms with van der Waals surface area (Å²) in [6, 6.07) is 11.8. The third kappa shape index (κ3) is 4.65. The Labute approximate surface area is 178 Å². The van der Waals surface area contributed by atoms with Gasteiger partial charge in [0.15, 0.2) is 11.5 Å². The van der Waals surface area contributed by atoms with Crippen molar-refractivity contribution in [3.05, 3.63) is 56.5 Å². The van der Waals surface area contributed by atoms with Crippen LogP contribution in [0.5, 0.6) is 11.5 Å². The average Bonchev–Trinajstić information content (AvgIpc) is 2.91. The molecule has 0 spiro atoms. The number of aromatic hydroxyl groups is 1. The van der Waals surface area contributed by atoms with Crippen molar-refractivity contribution in [3.63, 3.8) is 0 Å². The molecule has 2 N–H and O–H groups in total. The molecule has 0 atom stereocenters. The monoisotopic (exact) mass is 510 g/mol. The molecule has 1 aliphatic rings. The van der Waals surface area contributed by atoms with Crippen LogP contribution in [-0.2, 0) is 9.59 Å². The molecule has 28 heavy (non-hydrogen) atoms. The van der Waals surface area contributed by atoms with Crippen LogP contribution in [0.3, 0.4) is 0 Å². The first-order valence-corrected chi connectivity index (χ1v) is 9.94. The third-order valence-corrected chi connectivity index (χ3v) is 5.43. The number of methoxy groups -OCH3 is 1. The van der Waals surface area contributed by atoms with Gasteiger partial charge in [0.05, 0.1) is 12.0 Å². The second-order valence-corrected chi connectivity index (χ2v) is 7.99. The van der Waals surface area contributed by atoms with Gasteiger partial charge in [0.1, 0.15) is 6.54 Å². The lowest BCUT2D eigenvalue weighted by Crippen LogP contribution is -2.36. The number of nitrogens with zero attached hydrogens (tertiary/aromatic N) is 1. The molecule has 1 aliphatic heterocycles. The van der Waals surface area contributed by atoms with Crippen molar-refractivity contribution in [1.29, 1.82) is 0 Å².